The summed E-state index contributed by atoms with van der Waals surface area (Å²) in [6.07, 6.45) is 1.17. The summed E-state index contributed by atoms with van der Waals surface area (Å²) in [5.41, 5.74) is 0. The standard InChI is InChI=1S/C7H15NO2/c1-2-3-8-6-7-9-4-5-10-7/h7-8H,2-6H2,1H3. The van der Waals surface area contributed by atoms with Gasteiger partial charge in [0.15, 0.2) is 6.29 Å². The molecule has 0 aromatic carbocycles. The fourth-order valence-electron chi connectivity index (χ4n) is 0.922. The summed E-state index contributed by atoms with van der Waals surface area (Å²) in [4.78, 5) is 0. The molecule has 1 rings (SSSR count). The predicted molar refractivity (Wildman–Crippen MR) is 38.9 cm³/mol. The molecule has 0 aromatic rings. The van der Waals surface area contributed by atoms with Crippen LogP contribution in [0.15, 0.2) is 0 Å². The van der Waals surface area contributed by atoms with E-state index in [9.17, 15) is 0 Å². The van der Waals surface area contributed by atoms with Gasteiger partial charge in [0.05, 0.1) is 13.2 Å². The third-order valence-electron chi connectivity index (χ3n) is 1.43. The van der Waals surface area contributed by atoms with Gasteiger partial charge in [-0.3, -0.25) is 0 Å². The predicted octanol–water partition coefficient (Wildman–Crippen LogP) is 0.359. The van der Waals surface area contributed by atoms with E-state index in [0.29, 0.717) is 0 Å². The molecule has 3 heteroatoms. The van der Waals surface area contributed by atoms with Gasteiger partial charge in [-0.1, -0.05) is 6.92 Å². The van der Waals surface area contributed by atoms with Gasteiger partial charge in [-0.2, -0.15) is 0 Å². The van der Waals surface area contributed by atoms with Crippen molar-refractivity contribution >= 4 is 0 Å². The molecule has 0 aromatic heterocycles. The van der Waals surface area contributed by atoms with Crippen molar-refractivity contribution in [2.75, 3.05) is 26.3 Å². The highest BCUT2D eigenvalue weighted by molar-refractivity contribution is 4.55. The molecular formula is C7H15NO2. The van der Waals surface area contributed by atoms with Crippen molar-refractivity contribution in [2.45, 2.75) is 19.6 Å². The molecule has 0 radical (unpaired) electrons. The molecule has 1 aliphatic heterocycles. The Bertz CT molecular complexity index is 81.7. The molecule has 1 fully saturated rings. The van der Waals surface area contributed by atoms with E-state index in [2.05, 4.69) is 12.2 Å². The molecule has 10 heavy (non-hydrogen) atoms. The summed E-state index contributed by atoms with van der Waals surface area (Å²) in [6, 6.07) is 0. The molecule has 1 heterocycles. The maximum absolute atomic E-state index is 5.21. The quantitative estimate of drug-likeness (QED) is 0.579. The molecule has 0 unspecified atom stereocenters. The zero-order valence-electron chi connectivity index (χ0n) is 6.43. The molecule has 0 saturated carbocycles. The normalized spacial score (nSPS) is 20.1. The lowest BCUT2D eigenvalue weighted by molar-refractivity contribution is -0.0388. The molecule has 60 valence electrons. The number of nitrogens with one attached hydrogen (secondary N) is 1. The number of hydrogen-bond acceptors (Lipinski definition) is 3. The highest BCUT2D eigenvalue weighted by atomic mass is 16.7. The van der Waals surface area contributed by atoms with Crippen LogP contribution in [0.4, 0.5) is 0 Å². The van der Waals surface area contributed by atoms with Crippen LogP contribution in [-0.4, -0.2) is 32.6 Å². The van der Waals surface area contributed by atoms with Gasteiger partial charge in [-0.25, -0.2) is 0 Å². The lowest BCUT2D eigenvalue weighted by Crippen LogP contribution is -2.27. The van der Waals surface area contributed by atoms with Gasteiger partial charge in [-0.15, -0.1) is 0 Å². The van der Waals surface area contributed by atoms with E-state index in [-0.39, 0.29) is 6.29 Å². The summed E-state index contributed by atoms with van der Waals surface area (Å²) >= 11 is 0. The molecule has 1 saturated heterocycles. The first kappa shape index (κ1) is 7.98. The van der Waals surface area contributed by atoms with Crippen LogP contribution in [0, 0.1) is 0 Å². The van der Waals surface area contributed by atoms with Crippen LogP contribution in [0.5, 0.6) is 0 Å². The number of rotatable bonds is 4. The second-order valence-corrected chi connectivity index (χ2v) is 2.38. The Morgan fingerprint density at radius 3 is 2.70 bits per heavy atom. The largest absolute Gasteiger partial charge is 0.349 e. The van der Waals surface area contributed by atoms with E-state index in [4.69, 9.17) is 9.47 Å². The van der Waals surface area contributed by atoms with Crippen molar-refractivity contribution in [3.63, 3.8) is 0 Å². The third kappa shape index (κ3) is 2.64. The highest BCUT2D eigenvalue weighted by Crippen LogP contribution is 2.00. The third-order valence-corrected chi connectivity index (χ3v) is 1.43. The number of hydrogen-bond donors (Lipinski definition) is 1. The van der Waals surface area contributed by atoms with Crippen LogP contribution >= 0.6 is 0 Å². The lowest BCUT2D eigenvalue weighted by atomic mass is 10.5. The second-order valence-electron chi connectivity index (χ2n) is 2.38. The Balaban J connectivity index is 1.91. The minimum atomic E-state index is 0.00606. The van der Waals surface area contributed by atoms with Crippen LogP contribution in [0.1, 0.15) is 13.3 Å². The summed E-state index contributed by atoms with van der Waals surface area (Å²) in [5, 5.41) is 3.23. The van der Waals surface area contributed by atoms with Gasteiger partial charge in [0.1, 0.15) is 0 Å². The molecule has 0 spiro atoms. The first-order valence-electron chi connectivity index (χ1n) is 3.87. The van der Waals surface area contributed by atoms with Crippen LogP contribution in [0.3, 0.4) is 0 Å². The Labute approximate surface area is 61.7 Å². The van der Waals surface area contributed by atoms with Crippen molar-refractivity contribution in [1.29, 1.82) is 0 Å². The zero-order chi connectivity index (χ0) is 7.23. The molecule has 0 amide bonds. The summed E-state index contributed by atoms with van der Waals surface area (Å²) in [5.74, 6) is 0. The topological polar surface area (TPSA) is 30.5 Å². The molecule has 0 atom stereocenters. The first-order chi connectivity index (χ1) is 4.93. The van der Waals surface area contributed by atoms with Crippen molar-refractivity contribution < 1.29 is 9.47 Å². The van der Waals surface area contributed by atoms with E-state index < -0.39 is 0 Å². The smallest absolute Gasteiger partial charge is 0.170 e. The van der Waals surface area contributed by atoms with Gasteiger partial charge in [0.25, 0.3) is 0 Å². The monoisotopic (exact) mass is 145 g/mol. The molecular weight excluding hydrogens is 130 g/mol. The van der Waals surface area contributed by atoms with Gasteiger partial charge in [0.2, 0.25) is 0 Å². The first-order valence-corrected chi connectivity index (χ1v) is 3.87. The van der Waals surface area contributed by atoms with Crippen LogP contribution in [-0.2, 0) is 9.47 Å². The van der Waals surface area contributed by atoms with Crippen molar-refractivity contribution in [3.05, 3.63) is 0 Å². The van der Waals surface area contributed by atoms with E-state index in [1.807, 2.05) is 0 Å². The Morgan fingerprint density at radius 2 is 2.10 bits per heavy atom. The van der Waals surface area contributed by atoms with Crippen LogP contribution in [0.25, 0.3) is 0 Å². The van der Waals surface area contributed by atoms with E-state index in [1.165, 1.54) is 0 Å². The molecule has 1 N–H and O–H groups in total. The van der Waals surface area contributed by atoms with E-state index in [0.717, 1.165) is 32.7 Å². The molecule has 0 bridgehead atoms. The van der Waals surface area contributed by atoms with Gasteiger partial charge in [-0.05, 0) is 13.0 Å². The summed E-state index contributed by atoms with van der Waals surface area (Å²) in [6.45, 7) is 5.51. The lowest BCUT2D eigenvalue weighted by Gasteiger charge is -2.08. The Hall–Kier alpha value is -0.120. The van der Waals surface area contributed by atoms with Crippen LogP contribution < -0.4 is 5.32 Å². The summed E-state index contributed by atoms with van der Waals surface area (Å²) in [7, 11) is 0. The van der Waals surface area contributed by atoms with Gasteiger partial charge in [0, 0.05) is 6.54 Å². The fraction of sp³-hybridized carbons (Fsp3) is 1.00. The van der Waals surface area contributed by atoms with Crippen LogP contribution in [0.2, 0.25) is 0 Å². The zero-order valence-corrected chi connectivity index (χ0v) is 6.43. The molecule has 0 aliphatic carbocycles. The van der Waals surface area contributed by atoms with E-state index >= 15 is 0 Å². The van der Waals surface area contributed by atoms with Gasteiger partial charge < -0.3 is 14.8 Å². The average molecular weight is 145 g/mol. The Morgan fingerprint density at radius 1 is 1.40 bits per heavy atom. The minimum absolute atomic E-state index is 0.00606. The summed E-state index contributed by atoms with van der Waals surface area (Å²) < 4.78 is 10.4. The Kier molecular flexibility index (Phi) is 3.72. The molecule has 1 aliphatic rings. The molecule has 3 nitrogen and oxygen atoms in total. The second kappa shape index (κ2) is 4.66. The highest BCUT2D eigenvalue weighted by Gasteiger charge is 2.13. The van der Waals surface area contributed by atoms with Crippen molar-refractivity contribution in [3.8, 4) is 0 Å². The maximum Gasteiger partial charge on any atom is 0.170 e. The SMILES string of the molecule is CCCNCC1OCCO1. The van der Waals surface area contributed by atoms with Crippen molar-refractivity contribution in [2.24, 2.45) is 0 Å². The maximum atomic E-state index is 5.21. The van der Waals surface area contributed by atoms with E-state index in [1.54, 1.807) is 0 Å². The van der Waals surface area contributed by atoms with Crippen molar-refractivity contribution in [1.82, 2.24) is 5.32 Å². The number of ether oxygens (including phenoxy) is 2. The minimum Gasteiger partial charge on any atom is -0.349 e. The fourth-order valence-corrected chi connectivity index (χ4v) is 0.922. The van der Waals surface area contributed by atoms with Gasteiger partial charge >= 0.3 is 0 Å². The average Bonchev–Trinajstić information content (AvgIpc) is 2.41.